The maximum absolute atomic E-state index is 12.6. The predicted molar refractivity (Wildman–Crippen MR) is 124 cm³/mol. The van der Waals surface area contributed by atoms with Gasteiger partial charge in [0.05, 0.1) is 12.5 Å². The average molecular weight is 419 g/mol. The van der Waals surface area contributed by atoms with Crippen LogP contribution in [0.25, 0.3) is 10.9 Å². The maximum atomic E-state index is 12.6. The third-order valence-corrected chi connectivity index (χ3v) is 6.52. The van der Waals surface area contributed by atoms with Gasteiger partial charge in [0.2, 0.25) is 0 Å². The van der Waals surface area contributed by atoms with Crippen LogP contribution in [0.1, 0.15) is 28.8 Å². The first-order valence-electron chi connectivity index (χ1n) is 10.5. The Morgan fingerprint density at radius 1 is 1.07 bits per heavy atom. The van der Waals surface area contributed by atoms with Crippen molar-refractivity contribution in [2.75, 3.05) is 13.1 Å². The number of fused-ring (bicyclic) bond motifs is 1. The van der Waals surface area contributed by atoms with Crippen molar-refractivity contribution < 1.29 is 10.1 Å². The molecule has 2 heterocycles. The highest BCUT2D eigenvalue weighted by molar-refractivity contribution is 7.09. The van der Waals surface area contributed by atoms with E-state index in [2.05, 4.69) is 81.8 Å². The fourth-order valence-electron chi connectivity index (χ4n) is 3.88. The summed E-state index contributed by atoms with van der Waals surface area (Å²) in [6, 6.07) is 23.0. The monoisotopic (exact) mass is 418 g/mol. The molecule has 4 N–H and O–H groups in total. The van der Waals surface area contributed by atoms with Gasteiger partial charge >= 0.3 is 0 Å². The van der Waals surface area contributed by atoms with E-state index < -0.39 is 0 Å². The van der Waals surface area contributed by atoms with Crippen LogP contribution >= 0.6 is 11.3 Å². The third-order valence-electron chi connectivity index (χ3n) is 5.59. The molecule has 4 rings (SSSR count). The highest BCUT2D eigenvalue weighted by atomic mass is 32.1. The molecule has 30 heavy (non-hydrogen) atoms. The van der Waals surface area contributed by atoms with E-state index in [1.54, 1.807) is 11.3 Å². The SMILES string of the molecule is C[C@H]([NH2+]C[C@H](c1ccccc1)c1c[nH]c2ccccc12)C(=O)NCCc1cccs1. The molecule has 0 aliphatic heterocycles. The van der Waals surface area contributed by atoms with E-state index in [1.807, 2.05) is 19.1 Å². The number of thiophene rings is 1. The van der Waals surface area contributed by atoms with Crippen molar-refractivity contribution >= 4 is 28.1 Å². The molecule has 4 nitrogen and oxygen atoms in total. The summed E-state index contributed by atoms with van der Waals surface area (Å²) in [5.74, 6) is 0.306. The number of aromatic nitrogens is 1. The Labute approximate surface area is 181 Å². The van der Waals surface area contributed by atoms with Gasteiger partial charge in [0.1, 0.15) is 0 Å². The number of nitrogens with two attached hydrogens (primary N) is 1. The van der Waals surface area contributed by atoms with Crippen molar-refractivity contribution in [1.82, 2.24) is 10.3 Å². The number of hydrogen-bond donors (Lipinski definition) is 3. The van der Waals surface area contributed by atoms with E-state index in [0.717, 1.165) is 18.5 Å². The van der Waals surface area contributed by atoms with Gasteiger partial charge in [-0.25, -0.2) is 0 Å². The standard InChI is InChI=1S/C25H27N3OS/c1-18(25(29)26-14-13-20-10-7-15-30-20)27-16-22(19-8-3-2-4-9-19)23-17-28-24-12-6-5-11-21(23)24/h2-12,15,17-18,22,27-28H,13-14,16H2,1H3,(H,26,29)/p+1/t18-,22+/m0/s1. The van der Waals surface area contributed by atoms with Crippen LogP contribution < -0.4 is 10.6 Å². The van der Waals surface area contributed by atoms with Crippen LogP contribution in [0.15, 0.2) is 78.3 Å². The zero-order chi connectivity index (χ0) is 20.8. The minimum absolute atomic E-state index is 0.0947. The van der Waals surface area contributed by atoms with Gasteiger partial charge < -0.3 is 15.6 Å². The van der Waals surface area contributed by atoms with Crippen LogP contribution in [0.5, 0.6) is 0 Å². The number of amides is 1. The molecule has 0 bridgehead atoms. The first-order chi connectivity index (χ1) is 14.7. The smallest absolute Gasteiger partial charge is 0.277 e. The van der Waals surface area contributed by atoms with Gasteiger partial charge in [-0.05, 0) is 42.0 Å². The molecule has 0 spiro atoms. The quantitative estimate of drug-likeness (QED) is 0.382. The Balaban J connectivity index is 1.42. The Kier molecular flexibility index (Phi) is 6.62. The zero-order valence-corrected chi connectivity index (χ0v) is 18.0. The fraction of sp³-hybridized carbons (Fsp3) is 0.240. The highest BCUT2D eigenvalue weighted by Crippen LogP contribution is 2.29. The van der Waals surface area contributed by atoms with Crippen LogP contribution in [0.3, 0.4) is 0 Å². The van der Waals surface area contributed by atoms with Gasteiger partial charge in [0.25, 0.3) is 5.91 Å². The molecule has 0 unspecified atom stereocenters. The van der Waals surface area contributed by atoms with Crippen molar-refractivity contribution in [3.63, 3.8) is 0 Å². The van der Waals surface area contributed by atoms with Gasteiger partial charge in [-0.2, -0.15) is 0 Å². The molecule has 5 heteroatoms. The van der Waals surface area contributed by atoms with Crippen LogP contribution in [0.4, 0.5) is 0 Å². The number of para-hydroxylation sites is 1. The van der Waals surface area contributed by atoms with E-state index in [-0.39, 0.29) is 17.9 Å². The fourth-order valence-corrected chi connectivity index (χ4v) is 4.59. The molecule has 154 valence electrons. The summed E-state index contributed by atoms with van der Waals surface area (Å²) in [6.45, 7) is 3.48. The lowest BCUT2D eigenvalue weighted by Crippen LogP contribution is -2.92. The number of hydrogen-bond acceptors (Lipinski definition) is 2. The molecule has 2 aromatic carbocycles. The van der Waals surface area contributed by atoms with E-state index in [4.69, 9.17) is 0 Å². The summed E-state index contributed by atoms with van der Waals surface area (Å²) in [6.07, 6.45) is 3.00. The van der Waals surface area contributed by atoms with Crippen molar-refractivity contribution in [3.05, 3.63) is 94.3 Å². The Hall–Kier alpha value is -2.89. The molecule has 0 saturated heterocycles. The van der Waals surface area contributed by atoms with Crippen molar-refractivity contribution in [1.29, 1.82) is 0 Å². The minimum Gasteiger partial charge on any atom is -0.361 e. The number of quaternary nitrogens is 1. The molecule has 0 radical (unpaired) electrons. The van der Waals surface area contributed by atoms with Crippen LogP contribution in [0, 0.1) is 0 Å². The molecular weight excluding hydrogens is 390 g/mol. The number of carbonyl (C=O) groups excluding carboxylic acids is 1. The van der Waals surface area contributed by atoms with Crippen molar-refractivity contribution in [3.8, 4) is 0 Å². The highest BCUT2D eigenvalue weighted by Gasteiger charge is 2.23. The van der Waals surface area contributed by atoms with Crippen molar-refractivity contribution in [2.45, 2.75) is 25.3 Å². The number of aromatic amines is 1. The number of nitrogens with one attached hydrogen (secondary N) is 2. The lowest BCUT2D eigenvalue weighted by atomic mass is 9.90. The molecule has 1 amide bonds. The molecule has 2 aromatic heterocycles. The summed E-state index contributed by atoms with van der Waals surface area (Å²) < 4.78 is 0. The lowest BCUT2D eigenvalue weighted by molar-refractivity contribution is -0.674. The van der Waals surface area contributed by atoms with E-state index in [1.165, 1.54) is 21.4 Å². The maximum Gasteiger partial charge on any atom is 0.277 e. The Morgan fingerprint density at radius 2 is 1.87 bits per heavy atom. The van der Waals surface area contributed by atoms with E-state index >= 15 is 0 Å². The van der Waals surface area contributed by atoms with Crippen LogP contribution in [-0.4, -0.2) is 30.0 Å². The van der Waals surface area contributed by atoms with Crippen LogP contribution in [0.2, 0.25) is 0 Å². The molecular formula is C25H28N3OS+. The van der Waals surface area contributed by atoms with Gasteiger partial charge in [-0.3, -0.25) is 4.79 Å². The van der Waals surface area contributed by atoms with Crippen molar-refractivity contribution in [2.24, 2.45) is 0 Å². The third kappa shape index (κ3) is 4.81. The number of H-pyrrole nitrogens is 1. The summed E-state index contributed by atoms with van der Waals surface area (Å²) in [5, 5.41) is 8.55. The lowest BCUT2D eigenvalue weighted by Gasteiger charge is -2.18. The summed E-state index contributed by atoms with van der Waals surface area (Å²) in [7, 11) is 0. The second-order valence-electron chi connectivity index (χ2n) is 7.63. The first-order valence-corrected chi connectivity index (χ1v) is 11.3. The van der Waals surface area contributed by atoms with Gasteiger partial charge in [0.15, 0.2) is 6.04 Å². The Morgan fingerprint density at radius 3 is 2.67 bits per heavy atom. The van der Waals surface area contributed by atoms with Crippen LogP contribution in [-0.2, 0) is 11.2 Å². The molecule has 0 saturated carbocycles. The van der Waals surface area contributed by atoms with E-state index in [9.17, 15) is 4.79 Å². The topological polar surface area (TPSA) is 61.5 Å². The number of rotatable bonds is 9. The average Bonchev–Trinajstić information content (AvgIpc) is 3.45. The van der Waals surface area contributed by atoms with Gasteiger partial charge in [-0.1, -0.05) is 54.6 Å². The van der Waals surface area contributed by atoms with Gasteiger partial charge in [-0.15, -0.1) is 11.3 Å². The molecule has 0 aliphatic carbocycles. The summed E-state index contributed by atoms with van der Waals surface area (Å²) in [4.78, 5) is 17.3. The largest absolute Gasteiger partial charge is 0.361 e. The minimum atomic E-state index is -0.134. The Bertz CT molecular complexity index is 1070. The number of benzene rings is 2. The molecule has 0 aliphatic rings. The predicted octanol–water partition coefficient (Wildman–Crippen LogP) is 3.67. The molecule has 0 fully saturated rings. The molecule has 2 atom stereocenters. The van der Waals surface area contributed by atoms with E-state index in [0.29, 0.717) is 6.54 Å². The normalized spacial score (nSPS) is 13.2. The summed E-state index contributed by atoms with van der Waals surface area (Å²) >= 11 is 1.73. The summed E-state index contributed by atoms with van der Waals surface area (Å²) in [5.41, 5.74) is 3.69. The second-order valence-corrected chi connectivity index (χ2v) is 8.67. The second kappa shape index (κ2) is 9.74. The zero-order valence-electron chi connectivity index (χ0n) is 17.2. The van der Waals surface area contributed by atoms with Gasteiger partial charge in [0, 0.05) is 28.5 Å². The molecule has 4 aromatic rings. The number of carbonyl (C=O) groups is 1. The first kappa shape index (κ1) is 20.4.